The molecule has 3 nitrogen and oxygen atoms in total. The highest BCUT2D eigenvalue weighted by molar-refractivity contribution is 7.95. The number of hydrogen-bond donors (Lipinski definition) is 2. The van der Waals surface area contributed by atoms with Gasteiger partial charge in [0.15, 0.2) is 0 Å². The van der Waals surface area contributed by atoms with Gasteiger partial charge in [0, 0.05) is 6.42 Å². The quantitative estimate of drug-likeness (QED) is 0.472. The minimum Gasteiger partial charge on any atom is -1.00 e. The second-order valence-electron chi connectivity index (χ2n) is 1.83. The Morgan fingerprint density at radius 2 is 2.36 bits per heavy atom. The standard InChI is InChI=1S/C6H13NO2S.ClH/c1-10(2)4-3-5(7)6(8)9;/h5H,3-4,7H2,1-2H3;1H/t5-;/m0./s1/i1D3,2D3;. The summed E-state index contributed by atoms with van der Waals surface area (Å²) in [6, 6.07) is -1.22. The molecule has 1 atom stereocenters. The summed E-state index contributed by atoms with van der Waals surface area (Å²) < 4.78 is 42.6. The van der Waals surface area contributed by atoms with Gasteiger partial charge in [0.2, 0.25) is 0 Å². The van der Waals surface area contributed by atoms with E-state index in [0.717, 1.165) is 0 Å². The fourth-order valence-electron chi connectivity index (χ4n) is 0.368. The first-order chi connectivity index (χ1) is 6.96. The highest BCUT2D eigenvalue weighted by Crippen LogP contribution is 1.93. The van der Waals surface area contributed by atoms with Crippen LogP contribution in [0.3, 0.4) is 0 Å². The van der Waals surface area contributed by atoms with E-state index in [9.17, 15) is 4.79 Å². The van der Waals surface area contributed by atoms with Crippen molar-refractivity contribution in [3.05, 3.63) is 0 Å². The maximum absolute atomic E-state index is 10.4. The fraction of sp³-hybridized carbons (Fsp3) is 0.833. The normalized spacial score (nSPS) is 22.7. The van der Waals surface area contributed by atoms with Gasteiger partial charge in [-0.25, -0.2) is 0 Å². The second-order valence-corrected chi connectivity index (χ2v) is 3.02. The molecule has 68 valence electrons. The molecule has 0 heterocycles. The molecule has 0 unspecified atom stereocenters. The second kappa shape index (κ2) is 6.76. The van der Waals surface area contributed by atoms with Gasteiger partial charge in [0.25, 0.3) is 0 Å². The molecule has 0 saturated carbocycles. The van der Waals surface area contributed by atoms with Crippen LogP contribution in [0, 0.1) is 0 Å². The zero-order chi connectivity index (χ0) is 13.1. The van der Waals surface area contributed by atoms with Crippen LogP contribution in [0.15, 0.2) is 0 Å². The van der Waals surface area contributed by atoms with Crippen LogP contribution >= 0.6 is 0 Å². The summed E-state index contributed by atoms with van der Waals surface area (Å²) >= 11 is 0. The summed E-state index contributed by atoms with van der Waals surface area (Å²) in [5.74, 6) is -1.50. The number of carbonyl (C=O) groups is 1. The lowest BCUT2D eigenvalue weighted by molar-refractivity contribution is -0.138. The van der Waals surface area contributed by atoms with Crippen molar-refractivity contribution in [3.63, 3.8) is 0 Å². The first kappa shape index (κ1) is 4.94. The molecule has 0 saturated heterocycles. The Kier molecular flexibility index (Phi) is 3.04. The molecule has 0 bridgehead atoms. The van der Waals surface area contributed by atoms with E-state index in [1.165, 1.54) is 0 Å². The van der Waals surface area contributed by atoms with E-state index < -0.39 is 35.3 Å². The van der Waals surface area contributed by atoms with Crippen molar-refractivity contribution in [2.24, 2.45) is 5.73 Å². The highest BCUT2D eigenvalue weighted by atomic mass is 35.5. The van der Waals surface area contributed by atoms with E-state index in [4.69, 9.17) is 19.1 Å². The van der Waals surface area contributed by atoms with Crippen LogP contribution in [-0.2, 0) is 15.7 Å². The van der Waals surface area contributed by atoms with E-state index >= 15 is 0 Å². The molecule has 11 heavy (non-hydrogen) atoms. The molecule has 0 fully saturated rings. The maximum atomic E-state index is 10.4. The molecule has 0 aromatic rings. The van der Waals surface area contributed by atoms with E-state index in [2.05, 4.69) is 0 Å². The Bertz CT molecular complexity index is 244. The molecular formula is C6H14ClNO2S. The Balaban J connectivity index is 0. The SMILES string of the molecule is [2H]C([2H])([2H])[S+](CC[C@H](N)C(=O)O)C([2H])([2H])[2H].[Cl-]. The molecule has 3 N–H and O–H groups in total. The summed E-state index contributed by atoms with van der Waals surface area (Å²) in [4.78, 5) is 10.4. The van der Waals surface area contributed by atoms with E-state index in [1.807, 2.05) is 0 Å². The predicted octanol–water partition coefficient (Wildman–Crippen LogP) is -3.33. The first-order valence-electron chi connectivity index (χ1n) is 5.65. The van der Waals surface area contributed by atoms with Crippen LogP contribution in [0.1, 0.15) is 14.6 Å². The number of rotatable bonds is 4. The van der Waals surface area contributed by atoms with Gasteiger partial charge in [-0.1, -0.05) is 0 Å². The zero-order valence-electron chi connectivity index (χ0n) is 11.7. The number of hydrogen-bond acceptors (Lipinski definition) is 2. The van der Waals surface area contributed by atoms with E-state index in [1.54, 1.807) is 0 Å². The third-order valence-corrected chi connectivity index (χ3v) is 1.59. The Morgan fingerprint density at radius 3 is 2.73 bits per heavy atom. The average molecular weight is 206 g/mol. The fourth-order valence-corrected chi connectivity index (χ4v) is 0.858. The Morgan fingerprint density at radius 1 is 1.82 bits per heavy atom. The lowest BCUT2D eigenvalue weighted by Gasteiger charge is -2.02. The highest BCUT2D eigenvalue weighted by Gasteiger charge is 2.14. The van der Waals surface area contributed by atoms with Crippen LogP contribution < -0.4 is 18.1 Å². The van der Waals surface area contributed by atoms with Crippen molar-refractivity contribution < 1.29 is 30.5 Å². The van der Waals surface area contributed by atoms with Crippen LogP contribution in [0.4, 0.5) is 0 Å². The van der Waals surface area contributed by atoms with Gasteiger partial charge >= 0.3 is 5.97 Å². The molecule has 0 amide bonds. The zero-order valence-corrected chi connectivity index (χ0v) is 7.28. The molecule has 5 heteroatoms. The predicted molar refractivity (Wildman–Crippen MR) is 44.3 cm³/mol. The first-order valence-corrected chi connectivity index (χ1v) is 4.05. The maximum Gasteiger partial charge on any atom is 0.320 e. The summed E-state index contributed by atoms with van der Waals surface area (Å²) in [6.45, 7) is 0. The Labute approximate surface area is 84.5 Å². The monoisotopic (exact) mass is 205 g/mol. The number of halogens is 1. The molecule has 0 aromatic carbocycles. The van der Waals surface area contributed by atoms with Crippen LogP contribution in [0.2, 0.25) is 0 Å². The van der Waals surface area contributed by atoms with Gasteiger partial charge in [-0.3, -0.25) is 4.79 Å². The summed E-state index contributed by atoms with van der Waals surface area (Å²) in [5, 5.41) is 8.50. The van der Waals surface area contributed by atoms with Crippen LogP contribution in [0.25, 0.3) is 0 Å². The van der Waals surface area contributed by atoms with Crippen molar-refractivity contribution in [2.45, 2.75) is 12.5 Å². The van der Waals surface area contributed by atoms with Crippen molar-refractivity contribution in [3.8, 4) is 0 Å². The average Bonchev–Trinajstić information content (AvgIpc) is 1.98. The van der Waals surface area contributed by atoms with Gasteiger partial charge in [-0.05, 0) is 10.9 Å². The third kappa shape index (κ3) is 7.97. The van der Waals surface area contributed by atoms with Gasteiger partial charge in [-0.15, -0.1) is 0 Å². The minimum absolute atomic E-state index is 0. The lowest BCUT2D eigenvalue weighted by atomic mass is 10.2. The van der Waals surface area contributed by atoms with Crippen molar-refractivity contribution in [1.29, 1.82) is 0 Å². The van der Waals surface area contributed by atoms with E-state index in [0.29, 0.717) is 0 Å². The minimum atomic E-state index is -2.61. The van der Waals surface area contributed by atoms with Gasteiger partial charge in [0.05, 0.1) is 20.6 Å². The van der Waals surface area contributed by atoms with E-state index in [-0.39, 0.29) is 24.6 Å². The number of aliphatic carboxylic acids is 1. The van der Waals surface area contributed by atoms with Crippen LogP contribution in [-0.4, -0.2) is 35.2 Å². The topological polar surface area (TPSA) is 63.3 Å². The smallest absolute Gasteiger partial charge is 0.320 e. The van der Waals surface area contributed by atoms with Gasteiger partial charge < -0.3 is 23.2 Å². The molecule has 0 aromatic heterocycles. The third-order valence-electron chi connectivity index (χ3n) is 0.950. The number of nitrogens with two attached hydrogens (primary N) is 1. The van der Waals surface area contributed by atoms with Gasteiger partial charge in [-0.2, -0.15) is 0 Å². The summed E-state index contributed by atoms with van der Waals surface area (Å²) in [5.41, 5.74) is 5.19. The summed E-state index contributed by atoms with van der Waals surface area (Å²) in [6.07, 6.45) is -5.37. The molecule has 0 aliphatic carbocycles. The van der Waals surface area contributed by atoms with Crippen molar-refractivity contribution in [1.82, 2.24) is 0 Å². The molecule has 0 radical (unpaired) electrons. The molecule has 0 aliphatic rings. The number of carboxylic acid groups (broad SMARTS) is 1. The van der Waals surface area contributed by atoms with Gasteiger partial charge in [0.1, 0.15) is 11.8 Å². The van der Waals surface area contributed by atoms with Crippen molar-refractivity contribution >= 4 is 16.9 Å². The lowest BCUT2D eigenvalue weighted by Crippen LogP contribution is -3.00. The number of carboxylic acids is 1. The van der Waals surface area contributed by atoms with Crippen LogP contribution in [0.5, 0.6) is 0 Å². The molecule has 0 rings (SSSR count). The summed E-state index contributed by atoms with van der Waals surface area (Å²) in [7, 11) is -1.84. The largest absolute Gasteiger partial charge is 1.00 e. The molecular weight excluding hydrogens is 186 g/mol. The molecule has 0 aliphatic heterocycles. The molecule has 0 spiro atoms. The van der Waals surface area contributed by atoms with Crippen molar-refractivity contribution in [2.75, 3.05) is 18.1 Å². The Hall–Kier alpha value is 0.0700.